The van der Waals surface area contributed by atoms with E-state index < -0.39 is 0 Å². The Kier molecular flexibility index (Phi) is 4.07. The van der Waals surface area contributed by atoms with Gasteiger partial charge in [0, 0.05) is 18.2 Å². The summed E-state index contributed by atoms with van der Waals surface area (Å²) in [6.45, 7) is 0.535. The third-order valence-corrected chi connectivity index (χ3v) is 3.38. The molecule has 0 radical (unpaired) electrons. The standard InChI is InChI=1S/C13H14N2O2S/c14-5-4-13-15-11(8-18-13)12(17)7-9-2-1-3-10(16)6-9/h1-3,6,8,16H,4-5,7,14H2. The number of phenolic OH excluding ortho intramolecular Hbond substituents is 1. The highest BCUT2D eigenvalue weighted by atomic mass is 32.1. The Morgan fingerprint density at radius 2 is 2.28 bits per heavy atom. The Morgan fingerprint density at radius 3 is 3.00 bits per heavy atom. The smallest absolute Gasteiger partial charge is 0.186 e. The molecule has 0 amide bonds. The maximum atomic E-state index is 12.0. The molecule has 0 aliphatic heterocycles. The van der Waals surface area contributed by atoms with E-state index in [1.54, 1.807) is 23.6 Å². The second-order valence-corrected chi connectivity index (χ2v) is 4.88. The topological polar surface area (TPSA) is 76.2 Å². The molecule has 0 spiro atoms. The van der Waals surface area contributed by atoms with E-state index in [-0.39, 0.29) is 18.0 Å². The second kappa shape index (κ2) is 5.75. The maximum Gasteiger partial charge on any atom is 0.186 e. The van der Waals surface area contributed by atoms with Crippen LogP contribution in [0, 0.1) is 0 Å². The van der Waals surface area contributed by atoms with Gasteiger partial charge in [-0.25, -0.2) is 4.98 Å². The van der Waals surface area contributed by atoms with Crippen LogP contribution in [-0.4, -0.2) is 22.4 Å². The minimum Gasteiger partial charge on any atom is -0.508 e. The Morgan fingerprint density at radius 1 is 1.44 bits per heavy atom. The molecular formula is C13H14N2O2S. The van der Waals surface area contributed by atoms with E-state index >= 15 is 0 Å². The predicted octanol–water partition coefficient (Wildman–Crippen LogP) is 1.78. The third kappa shape index (κ3) is 3.15. The molecule has 1 heterocycles. The number of benzene rings is 1. The lowest BCUT2D eigenvalue weighted by molar-refractivity contribution is 0.0988. The maximum absolute atomic E-state index is 12.0. The Bertz CT molecular complexity index is 551. The SMILES string of the molecule is NCCc1nc(C(=O)Cc2cccc(O)c2)cs1. The summed E-state index contributed by atoms with van der Waals surface area (Å²) >= 11 is 1.45. The molecule has 0 aliphatic carbocycles. The number of nitrogens with two attached hydrogens (primary N) is 1. The Labute approximate surface area is 109 Å². The minimum atomic E-state index is -0.0416. The summed E-state index contributed by atoms with van der Waals surface area (Å²) in [6.07, 6.45) is 0.949. The molecule has 4 nitrogen and oxygen atoms in total. The van der Waals surface area contributed by atoms with Crippen LogP contribution in [0.5, 0.6) is 5.75 Å². The number of aromatic hydroxyl groups is 1. The molecule has 0 fully saturated rings. The largest absolute Gasteiger partial charge is 0.508 e. The highest BCUT2D eigenvalue weighted by molar-refractivity contribution is 7.09. The molecule has 0 atom stereocenters. The highest BCUT2D eigenvalue weighted by Crippen LogP contribution is 2.15. The molecular weight excluding hydrogens is 248 g/mol. The lowest BCUT2D eigenvalue weighted by atomic mass is 10.1. The van der Waals surface area contributed by atoms with Gasteiger partial charge in [-0.3, -0.25) is 4.79 Å². The van der Waals surface area contributed by atoms with Crippen molar-refractivity contribution >= 4 is 17.1 Å². The van der Waals surface area contributed by atoms with Crippen LogP contribution in [0.2, 0.25) is 0 Å². The average molecular weight is 262 g/mol. The number of carbonyl (C=O) groups is 1. The Hall–Kier alpha value is -1.72. The van der Waals surface area contributed by atoms with Gasteiger partial charge in [0.15, 0.2) is 5.78 Å². The monoisotopic (exact) mass is 262 g/mol. The molecule has 5 heteroatoms. The number of aromatic nitrogens is 1. The van der Waals surface area contributed by atoms with Crippen LogP contribution in [0.25, 0.3) is 0 Å². The number of nitrogens with zero attached hydrogens (tertiary/aromatic N) is 1. The van der Waals surface area contributed by atoms with E-state index in [0.717, 1.165) is 10.6 Å². The van der Waals surface area contributed by atoms with Gasteiger partial charge >= 0.3 is 0 Å². The van der Waals surface area contributed by atoms with Gasteiger partial charge in [0.1, 0.15) is 11.4 Å². The van der Waals surface area contributed by atoms with E-state index in [9.17, 15) is 9.90 Å². The van der Waals surface area contributed by atoms with Crippen molar-refractivity contribution in [2.24, 2.45) is 5.73 Å². The number of ketones is 1. The molecule has 3 N–H and O–H groups in total. The summed E-state index contributed by atoms with van der Waals surface area (Å²) in [5.41, 5.74) is 6.70. The molecule has 0 saturated heterocycles. The summed E-state index contributed by atoms with van der Waals surface area (Å²) in [5, 5.41) is 12.0. The zero-order chi connectivity index (χ0) is 13.0. The normalized spacial score (nSPS) is 10.5. The fourth-order valence-electron chi connectivity index (χ4n) is 1.62. The molecule has 18 heavy (non-hydrogen) atoms. The van der Waals surface area contributed by atoms with Crippen LogP contribution in [0.1, 0.15) is 21.1 Å². The molecule has 2 rings (SSSR count). The summed E-state index contributed by atoms with van der Waals surface area (Å²) < 4.78 is 0. The molecule has 94 valence electrons. The summed E-state index contributed by atoms with van der Waals surface area (Å²) in [6, 6.07) is 6.70. The van der Waals surface area contributed by atoms with E-state index in [1.165, 1.54) is 11.3 Å². The molecule has 0 saturated carbocycles. The van der Waals surface area contributed by atoms with Crippen molar-refractivity contribution in [3.8, 4) is 5.75 Å². The van der Waals surface area contributed by atoms with Crippen LogP contribution < -0.4 is 5.73 Å². The fourth-order valence-corrected chi connectivity index (χ4v) is 2.44. The van der Waals surface area contributed by atoms with Gasteiger partial charge in [-0.15, -0.1) is 11.3 Å². The van der Waals surface area contributed by atoms with Crippen molar-refractivity contribution < 1.29 is 9.90 Å². The van der Waals surface area contributed by atoms with Crippen LogP contribution >= 0.6 is 11.3 Å². The number of carbonyl (C=O) groups excluding carboxylic acids is 1. The second-order valence-electron chi connectivity index (χ2n) is 3.94. The first-order valence-electron chi connectivity index (χ1n) is 5.64. The van der Waals surface area contributed by atoms with Gasteiger partial charge in [-0.05, 0) is 24.2 Å². The first-order valence-corrected chi connectivity index (χ1v) is 6.52. The van der Waals surface area contributed by atoms with Crippen LogP contribution in [0.15, 0.2) is 29.6 Å². The quantitative estimate of drug-likeness (QED) is 0.805. The van der Waals surface area contributed by atoms with Crippen molar-refractivity contribution in [1.29, 1.82) is 0 Å². The molecule has 0 unspecified atom stereocenters. The van der Waals surface area contributed by atoms with Crippen molar-refractivity contribution in [3.05, 3.63) is 45.9 Å². The number of Topliss-reactive ketones (excluding diaryl/α,β-unsaturated/α-hetero) is 1. The third-order valence-electron chi connectivity index (χ3n) is 2.47. The first kappa shape index (κ1) is 12.7. The van der Waals surface area contributed by atoms with E-state index in [2.05, 4.69) is 4.98 Å². The van der Waals surface area contributed by atoms with Crippen molar-refractivity contribution in [3.63, 3.8) is 0 Å². The lowest BCUT2D eigenvalue weighted by Crippen LogP contribution is -2.06. The van der Waals surface area contributed by atoms with Gasteiger partial charge in [0.05, 0.1) is 5.01 Å². The molecule has 1 aromatic heterocycles. The number of hydrogen-bond acceptors (Lipinski definition) is 5. The molecule has 0 aliphatic rings. The Balaban J connectivity index is 2.07. The van der Waals surface area contributed by atoms with Crippen molar-refractivity contribution in [2.75, 3.05) is 6.54 Å². The summed E-state index contributed by atoms with van der Waals surface area (Å²) in [5.74, 6) is 0.127. The van der Waals surface area contributed by atoms with Gasteiger partial charge in [-0.1, -0.05) is 12.1 Å². The lowest BCUT2D eigenvalue weighted by Gasteiger charge is -1.99. The number of rotatable bonds is 5. The average Bonchev–Trinajstić information content (AvgIpc) is 2.78. The van der Waals surface area contributed by atoms with Crippen LogP contribution in [0.3, 0.4) is 0 Å². The number of hydrogen-bond donors (Lipinski definition) is 2. The number of phenols is 1. The van der Waals surface area contributed by atoms with Gasteiger partial charge in [-0.2, -0.15) is 0 Å². The van der Waals surface area contributed by atoms with E-state index in [4.69, 9.17) is 5.73 Å². The van der Waals surface area contributed by atoms with Crippen molar-refractivity contribution in [1.82, 2.24) is 4.98 Å². The predicted molar refractivity (Wildman–Crippen MR) is 71.0 cm³/mol. The summed E-state index contributed by atoms with van der Waals surface area (Å²) in [7, 11) is 0. The minimum absolute atomic E-state index is 0.0416. The fraction of sp³-hybridized carbons (Fsp3) is 0.231. The first-order chi connectivity index (χ1) is 8.69. The molecule has 1 aromatic carbocycles. The summed E-state index contributed by atoms with van der Waals surface area (Å²) in [4.78, 5) is 16.2. The van der Waals surface area contributed by atoms with Gasteiger partial charge < -0.3 is 10.8 Å². The zero-order valence-corrected chi connectivity index (χ0v) is 10.6. The van der Waals surface area contributed by atoms with E-state index in [1.807, 2.05) is 6.07 Å². The highest BCUT2D eigenvalue weighted by Gasteiger charge is 2.11. The molecule has 0 bridgehead atoms. The van der Waals surface area contributed by atoms with Crippen LogP contribution in [0.4, 0.5) is 0 Å². The van der Waals surface area contributed by atoms with Gasteiger partial charge in [0.25, 0.3) is 0 Å². The van der Waals surface area contributed by atoms with Crippen LogP contribution in [-0.2, 0) is 12.8 Å². The number of thiazole rings is 1. The van der Waals surface area contributed by atoms with Gasteiger partial charge in [0.2, 0.25) is 0 Å². The zero-order valence-electron chi connectivity index (χ0n) is 9.80. The van der Waals surface area contributed by atoms with Crippen molar-refractivity contribution in [2.45, 2.75) is 12.8 Å². The molecule has 2 aromatic rings. The van der Waals surface area contributed by atoms with E-state index in [0.29, 0.717) is 18.7 Å².